The van der Waals surface area contributed by atoms with E-state index in [-0.39, 0.29) is 6.03 Å². The fourth-order valence-electron chi connectivity index (χ4n) is 2.59. The van der Waals surface area contributed by atoms with Gasteiger partial charge in [0.1, 0.15) is 6.10 Å². The first-order valence-corrected chi connectivity index (χ1v) is 10.3. The largest absolute Gasteiger partial charge is 0.382 e. The number of aliphatic hydroxyl groups excluding tert-OH is 1. The SMILES string of the molecule is O=C(NCCCc1ccccc1)NCc1ccc(C(O)c2cccs2)s1. The van der Waals surface area contributed by atoms with Gasteiger partial charge in [0.25, 0.3) is 0 Å². The molecule has 0 fully saturated rings. The van der Waals surface area contributed by atoms with Crippen molar-refractivity contribution in [3.8, 4) is 0 Å². The number of benzene rings is 1. The van der Waals surface area contributed by atoms with Crippen LogP contribution in [0.4, 0.5) is 4.79 Å². The van der Waals surface area contributed by atoms with E-state index in [2.05, 4.69) is 22.8 Å². The van der Waals surface area contributed by atoms with Gasteiger partial charge in [-0.3, -0.25) is 0 Å². The van der Waals surface area contributed by atoms with Crippen LogP contribution in [0.2, 0.25) is 0 Å². The first-order chi connectivity index (χ1) is 12.7. The van der Waals surface area contributed by atoms with Gasteiger partial charge in [-0.05, 0) is 42.0 Å². The summed E-state index contributed by atoms with van der Waals surface area (Å²) >= 11 is 3.06. The number of carbonyl (C=O) groups excluding carboxylic acids is 1. The Balaban J connectivity index is 1.37. The number of hydrogen-bond acceptors (Lipinski definition) is 4. The molecule has 26 heavy (non-hydrogen) atoms. The lowest BCUT2D eigenvalue weighted by molar-refractivity contribution is 0.228. The van der Waals surface area contributed by atoms with E-state index in [9.17, 15) is 9.90 Å². The van der Waals surface area contributed by atoms with Crippen LogP contribution in [0, 0.1) is 0 Å². The van der Waals surface area contributed by atoms with Gasteiger partial charge in [0.15, 0.2) is 0 Å². The van der Waals surface area contributed by atoms with Crippen molar-refractivity contribution >= 4 is 28.7 Å². The lowest BCUT2D eigenvalue weighted by atomic mass is 10.1. The molecule has 4 nitrogen and oxygen atoms in total. The van der Waals surface area contributed by atoms with Crippen LogP contribution in [0.5, 0.6) is 0 Å². The molecule has 0 spiro atoms. The zero-order chi connectivity index (χ0) is 18.2. The fourth-order valence-corrected chi connectivity index (χ4v) is 4.35. The van der Waals surface area contributed by atoms with Crippen LogP contribution in [0.3, 0.4) is 0 Å². The average molecular weight is 387 g/mol. The molecule has 1 atom stereocenters. The van der Waals surface area contributed by atoms with Crippen LogP contribution < -0.4 is 10.6 Å². The number of urea groups is 1. The molecule has 136 valence electrons. The molecular formula is C20H22N2O2S2. The zero-order valence-electron chi connectivity index (χ0n) is 14.4. The number of rotatable bonds is 8. The standard InChI is InChI=1S/C20H22N2O2S2/c23-19(17-9-5-13-25-17)18-11-10-16(26-18)14-22-20(24)21-12-4-8-15-6-2-1-3-7-15/h1-3,5-7,9-11,13,19,23H,4,8,12,14H2,(H2,21,22,24). The number of aryl methyl sites for hydroxylation is 1. The van der Waals surface area contributed by atoms with E-state index in [1.165, 1.54) is 28.2 Å². The van der Waals surface area contributed by atoms with Gasteiger partial charge in [-0.2, -0.15) is 0 Å². The van der Waals surface area contributed by atoms with Crippen LogP contribution in [0.25, 0.3) is 0 Å². The molecular weight excluding hydrogens is 364 g/mol. The molecule has 0 aliphatic heterocycles. The molecule has 2 aromatic heterocycles. The predicted octanol–water partition coefficient (Wildman–Crippen LogP) is 4.32. The van der Waals surface area contributed by atoms with Crippen molar-refractivity contribution in [3.63, 3.8) is 0 Å². The van der Waals surface area contributed by atoms with E-state index in [0.29, 0.717) is 13.1 Å². The Morgan fingerprint density at radius 2 is 1.85 bits per heavy atom. The van der Waals surface area contributed by atoms with Crippen LogP contribution in [-0.4, -0.2) is 17.7 Å². The molecule has 1 unspecified atom stereocenters. The third-order valence-electron chi connectivity index (χ3n) is 3.96. The average Bonchev–Trinajstić information content (AvgIpc) is 3.36. The van der Waals surface area contributed by atoms with Gasteiger partial charge in [0, 0.05) is 21.2 Å². The Morgan fingerprint density at radius 1 is 1.00 bits per heavy atom. The van der Waals surface area contributed by atoms with Gasteiger partial charge in [-0.15, -0.1) is 22.7 Å². The molecule has 2 heterocycles. The highest BCUT2D eigenvalue weighted by Gasteiger charge is 2.14. The minimum absolute atomic E-state index is 0.160. The summed E-state index contributed by atoms with van der Waals surface area (Å²) in [7, 11) is 0. The lowest BCUT2D eigenvalue weighted by Gasteiger charge is -2.07. The van der Waals surface area contributed by atoms with E-state index in [4.69, 9.17) is 0 Å². The number of carbonyl (C=O) groups is 1. The first kappa shape index (κ1) is 18.6. The van der Waals surface area contributed by atoms with Crippen molar-refractivity contribution in [1.82, 2.24) is 10.6 Å². The summed E-state index contributed by atoms with van der Waals surface area (Å²) in [6.45, 7) is 1.11. The summed E-state index contributed by atoms with van der Waals surface area (Å²) in [5, 5.41) is 18.0. The number of hydrogen-bond donors (Lipinski definition) is 3. The highest BCUT2D eigenvalue weighted by Crippen LogP contribution is 2.30. The highest BCUT2D eigenvalue weighted by molar-refractivity contribution is 7.12. The van der Waals surface area contributed by atoms with Crippen LogP contribution >= 0.6 is 22.7 Å². The van der Waals surface area contributed by atoms with Crippen molar-refractivity contribution in [2.45, 2.75) is 25.5 Å². The topological polar surface area (TPSA) is 61.4 Å². The molecule has 0 saturated carbocycles. The van der Waals surface area contributed by atoms with Crippen molar-refractivity contribution in [1.29, 1.82) is 0 Å². The Labute approximate surface area is 161 Å². The van der Waals surface area contributed by atoms with Gasteiger partial charge in [0.2, 0.25) is 0 Å². The third-order valence-corrected chi connectivity index (χ3v) is 6.02. The Bertz CT molecular complexity index is 800. The highest BCUT2D eigenvalue weighted by atomic mass is 32.1. The second kappa shape index (κ2) is 9.52. The van der Waals surface area contributed by atoms with E-state index >= 15 is 0 Å². The summed E-state index contributed by atoms with van der Waals surface area (Å²) in [6.07, 6.45) is 1.28. The smallest absolute Gasteiger partial charge is 0.315 e. The van der Waals surface area contributed by atoms with Gasteiger partial charge >= 0.3 is 6.03 Å². The van der Waals surface area contributed by atoms with Crippen molar-refractivity contribution in [2.24, 2.45) is 0 Å². The molecule has 0 aliphatic rings. The Morgan fingerprint density at radius 3 is 2.62 bits per heavy atom. The van der Waals surface area contributed by atoms with E-state index in [0.717, 1.165) is 27.5 Å². The maximum Gasteiger partial charge on any atom is 0.315 e. The maximum atomic E-state index is 11.9. The van der Waals surface area contributed by atoms with Gasteiger partial charge in [-0.1, -0.05) is 36.4 Å². The molecule has 3 rings (SSSR count). The first-order valence-electron chi connectivity index (χ1n) is 8.58. The predicted molar refractivity (Wildman–Crippen MR) is 108 cm³/mol. The fraction of sp³-hybridized carbons (Fsp3) is 0.250. The number of aliphatic hydroxyl groups is 1. The summed E-state index contributed by atoms with van der Waals surface area (Å²) in [5.74, 6) is 0. The van der Waals surface area contributed by atoms with E-state index in [1.54, 1.807) is 0 Å². The van der Waals surface area contributed by atoms with Crippen molar-refractivity contribution in [2.75, 3.05) is 6.54 Å². The Kier molecular flexibility index (Phi) is 6.82. The second-order valence-electron chi connectivity index (χ2n) is 5.92. The molecule has 0 radical (unpaired) electrons. The van der Waals surface area contributed by atoms with Gasteiger partial charge in [-0.25, -0.2) is 4.79 Å². The molecule has 0 aliphatic carbocycles. The summed E-state index contributed by atoms with van der Waals surface area (Å²) in [6, 6.07) is 17.8. The van der Waals surface area contributed by atoms with Crippen LogP contribution in [0.1, 0.15) is 32.7 Å². The summed E-state index contributed by atoms with van der Waals surface area (Å²) in [5.41, 5.74) is 1.28. The summed E-state index contributed by atoms with van der Waals surface area (Å²) in [4.78, 5) is 14.7. The molecule has 0 saturated heterocycles. The minimum atomic E-state index is -0.583. The van der Waals surface area contributed by atoms with Gasteiger partial charge in [0.05, 0.1) is 6.54 Å². The molecule has 6 heteroatoms. The molecule has 3 N–H and O–H groups in total. The second-order valence-corrected chi connectivity index (χ2v) is 8.10. The molecule has 0 bridgehead atoms. The van der Waals surface area contributed by atoms with E-state index < -0.39 is 6.10 Å². The van der Waals surface area contributed by atoms with Crippen molar-refractivity contribution in [3.05, 3.63) is 80.2 Å². The minimum Gasteiger partial charge on any atom is -0.382 e. The monoisotopic (exact) mass is 386 g/mol. The molecule has 3 aromatic rings. The van der Waals surface area contributed by atoms with Crippen molar-refractivity contribution < 1.29 is 9.90 Å². The quantitative estimate of drug-likeness (QED) is 0.505. The number of thiophene rings is 2. The van der Waals surface area contributed by atoms with Crippen LogP contribution in [-0.2, 0) is 13.0 Å². The lowest BCUT2D eigenvalue weighted by Crippen LogP contribution is -2.35. The summed E-state index contributed by atoms with van der Waals surface area (Å²) < 4.78 is 0. The number of amides is 2. The normalized spacial score (nSPS) is 11.9. The molecule has 2 amide bonds. The number of nitrogens with one attached hydrogen (secondary N) is 2. The Hall–Kier alpha value is -2.15. The van der Waals surface area contributed by atoms with E-state index in [1.807, 2.05) is 47.8 Å². The van der Waals surface area contributed by atoms with Crippen LogP contribution in [0.15, 0.2) is 60.0 Å². The van der Waals surface area contributed by atoms with Gasteiger partial charge < -0.3 is 15.7 Å². The maximum absolute atomic E-state index is 11.9. The third kappa shape index (κ3) is 5.42. The zero-order valence-corrected chi connectivity index (χ0v) is 16.0. The molecule has 1 aromatic carbocycles.